The Labute approximate surface area is 121 Å². The van der Waals surface area contributed by atoms with Crippen molar-refractivity contribution in [2.75, 3.05) is 32.8 Å². The van der Waals surface area contributed by atoms with E-state index >= 15 is 0 Å². The van der Waals surface area contributed by atoms with Crippen LogP contribution in [-0.4, -0.2) is 48.1 Å². The summed E-state index contributed by atoms with van der Waals surface area (Å²) in [7, 11) is 1.65. The van der Waals surface area contributed by atoms with Crippen LogP contribution in [0.3, 0.4) is 0 Å². The van der Waals surface area contributed by atoms with Gasteiger partial charge in [0.25, 0.3) is 0 Å². The molecule has 0 aliphatic carbocycles. The Morgan fingerprint density at radius 3 is 2.81 bits per heavy atom. The van der Waals surface area contributed by atoms with E-state index in [4.69, 9.17) is 9.15 Å². The number of aryl methyl sites for hydroxylation is 1. The van der Waals surface area contributed by atoms with E-state index in [2.05, 4.69) is 4.90 Å². The maximum atomic E-state index is 12.2. The van der Waals surface area contributed by atoms with Crippen molar-refractivity contribution in [2.45, 2.75) is 6.42 Å². The van der Waals surface area contributed by atoms with Crippen LogP contribution >= 0.6 is 0 Å². The Bertz CT molecular complexity index is 710. The normalized spacial score (nSPS) is 16.4. The third-order valence-corrected chi connectivity index (χ3v) is 3.87. The monoisotopic (exact) mass is 290 g/mol. The van der Waals surface area contributed by atoms with Crippen LogP contribution in [0.1, 0.15) is 16.8 Å². The maximum Gasteiger partial charge on any atom is 0.419 e. The second kappa shape index (κ2) is 5.83. The van der Waals surface area contributed by atoms with Gasteiger partial charge in [0.1, 0.15) is 0 Å². The molecule has 1 aliphatic rings. The summed E-state index contributed by atoms with van der Waals surface area (Å²) in [5.41, 5.74) is 1.74. The van der Waals surface area contributed by atoms with E-state index < -0.39 is 5.76 Å². The number of carbonyl (C=O) groups excluding carboxylic acids is 1. The first-order valence-corrected chi connectivity index (χ1v) is 7.08. The third-order valence-electron chi connectivity index (χ3n) is 3.87. The molecule has 1 fully saturated rings. The van der Waals surface area contributed by atoms with Gasteiger partial charge in [-0.15, -0.1) is 0 Å². The number of ether oxygens (including phenoxy) is 1. The lowest BCUT2D eigenvalue weighted by Crippen LogP contribution is -2.37. The van der Waals surface area contributed by atoms with Crippen LogP contribution in [0.25, 0.3) is 11.1 Å². The van der Waals surface area contributed by atoms with E-state index in [1.165, 1.54) is 4.57 Å². The number of ketones is 1. The summed E-state index contributed by atoms with van der Waals surface area (Å²) in [6.07, 6.45) is 0.461. The van der Waals surface area contributed by atoms with Crippen molar-refractivity contribution in [3.63, 3.8) is 0 Å². The Hall–Kier alpha value is -1.92. The van der Waals surface area contributed by atoms with Crippen molar-refractivity contribution < 1.29 is 13.9 Å². The van der Waals surface area contributed by atoms with Gasteiger partial charge >= 0.3 is 5.76 Å². The molecule has 112 valence electrons. The summed E-state index contributed by atoms with van der Waals surface area (Å²) in [4.78, 5) is 25.9. The quantitative estimate of drug-likeness (QED) is 0.787. The molecule has 21 heavy (non-hydrogen) atoms. The molecular formula is C15H18N2O4. The molecule has 2 aromatic rings. The highest BCUT2D eigenvalue weighted by molar-refractivity contribution is 5.98. The Balaban J connectivity index is 1.70. The van der Waals surface area contributed by atoms with Crippen LogP contribution in [0.2, 0.25) is 0 Å². The lowest BCUT2D eigenvalue weighted by atomic mass is 10.1. The van der Waals surface area contributed by atoms with E-state index in [-0.39, 0.29) is 5.78 Å². The first-order valence-electron chi connectivity index (χ1n) is 7.08. The van der Waals surface area contributed by atoms with Crippen LogP contribution < -0.4 is 5.76 Å². The topological polar surface area (TPSA) is 64.7 Å². The first-order chi connectivity index (χ1) is 10.1. The molecule has 0 spiro atoms. The smallest absolute Gasteiger partial charge is 0.408 e. The molecule has 0 saturated carbocycles. The summed E-state index contributed by atoms with van der Waals surface area (Å²) in [5, 5.41) is 0. The Kier molecular flexibility index (Phi) is 3.90. The van der Waals surface area contributed by atoms with E-state index in [0.29, 0.717) is 23.1 Å². The molecule has 1 saturated heterocycles. The average molecular weight is 290 g/mol. The minimum Gasteiger partial charge on any atom is -0.408 e. The third kappa shape index (κ3) is 2.91. The molecule has 0 atom stereocenters. The number of hydrogen-bond acceptors (Lipinski definition) is 5. The van der Waals surface area contributed by atoms with Gasteiger partial charge in [0.2, 0.25) is 0 Å². The molecule has 0 bridgehead atoms. The summed E-state index contributed by atoms with van der Waals surface area (Å²) in [6.45, 7) is 3.95. The number of aromatic nitrogens is 1. The second-order valence-corrected chi connectivity index (χ2v) is 5.24. The minimum atomic E-state index is -0.414. The fourth-order valence-electron chi connectivity index (χ4n) is 2.54. The summed E-state index contributed by atoms with van der Waals surface area (Å²) >= 11 is 0. The van der Waals surface area contributed by atoms with Crippen LogP contribution in [0.4, 0.5) is 0 Å². The fourth-order valence-corrected chi connectivity index (χ4v) is 2.54. The molecule has 2 heterocycles. The molecule has 6 heteroatoms. The SMILES string of the molecule is Cn1c(=O)oc2cc(C(=O)CCN3CCOCC3)ccc21. The van der Waals surface area contributed by atoms with Gasteiger partial charge in [-0.3, -0.25) is 14.3 Å². The highest BCUT2D eigenvalue weighted by atomic mass is 16.5. The van der Waals surface area contributed by atoms with Gasteiger partial charge in [-0.25, -0.2) is 4.79 Å². The number of rotatable bonds is 4. The van der Waals surface area contributed by atoms with Gasteiger partial charge in [0, 0.05) is 38.7 Å². The van der Waals surface area contributed by atoms with Crippen LogP contribution in [0.15, 0.2) is 27.4 Å². The van der Waals surface area contributed by atoms with E-state index in [1.54, 1.807) is 25.2 Å². The number of morpholine rings is 1. The number of nitrogens with zero attached hydrogens (tertiary/aromatic N) is 2. The van der Waals surface area contributed by atoms with Crippen LogP contribution in [0.5, 0.6) is 0 Å². The van der Waals surface area contributed by atoms with E-state index in [1.807, 2.05) is 0 Å². The molecule has 6 nitrogen and oxygen atoms in total. The number of oxazole rings is 1. The molecule has 3 rings (SSSR count). The summed E-state index contributed by atoms with van der Waals surface area (Å²) in [6, 6.07) is 5.15. The molecule has 0 unspecified atom stereocenters. The average Bonchev–Trinajstić information content (AvgIpc) is 2.80. The second-order valence-electron chi connectivity index (χ2n) is 5.24. The zero-order valence-electron chi connectivity index (χ0n) is 12.0. The minimum absolute atomic E-state index is 0.0647. The molecule has 0 radical (unpaired) electrons. The molecule has 0 N–H and O–H groups in total. The van der Waals surface area contributed by atoms with Crippen LogP contribution in [-0.2, 0) is 11.8 Å². The first kappa shape index (κ1) is 14.0. The van der Waals surface area contributed by atoms with E-state index in [9.17, 15) is 9.59 Å². The lowest BCUT2D eigenvalue weighted by Gasteiger charge is -2.26. The predicted octanol–water partition coefficient (Wildman–Crippen LogP) is 1.04. The van der Waals surface area contributed by atoms with Crippen molar-refractivity contribution in [2.24, 2.45) is 7.05 Å². The standard InChI is InChI=1S/C15H18N2O4/c1-16-12-3-2-11(10-14(12)21-15(16)19)13(18)4-5-17-6-8-20-9-7-17/h2-3,10H,4-9H2,1H3. The number of benzene rings is 1. The molecular weight excluding hydrogens is 272 g/mol. The lowest BCUT2D eigenvalue weighted by molar-refractivity contribution is 0.0370. The largest absolute Gasteiger partial charge is 0.419 e. The zero-order chi connectivity index (χ0) is 14.8. The molecule has 1 aromatic carbocycles. The number of fused-ring (bicyclic) bond motifs is 1. The van der Waals surface area contributed by atoms with E-state index in [0.717, 1.165) is 32.8 Å². The van der Waals surface area contributed by atoms with Crippen molar-refractivity contribution in [3.8, 4) is 0 Å². The van der Waals surface area contributed by atoms with Gasteiger partial charge in [-0.1, -0.05) is 0 Å². The van der Waals surface area contributed by atoms with Gasteiger partial charge in [-0.2, -0.15) is 0 Å². The molecule has 1 aromatic heterocycles. The van der Waals surface area contributed by atoms with Crippen molar-refractivity contribution in [3.05, 3.63) is 34.3 Å². The maximum absolute atomic E-state index is 12.2. The number of hydrogen-bond donors (Lipinski definition) is 0. The molecule has 0 amide bonds. The Morgan fingerprint density at radius 1 is 1.29 bits per heavy atom. The zero-order valence-corrected chi connectivity index (χ0v) is 12.0. The fraction of sp³-hybridized carbons (Fsp3) is 0.467. The Morgan fingerprint density at radius 2 is 2.05 bits per heavy atom. The van der Waals surface area contributed by atoms with Gasteiger partial charge in [0.05, 0.1) is 18.7 Å². The van der Waals surface area contributed by atoms with Gasteiger partial charge in [0.15, 0.2) is 11.4 Å². The summed E-state index contributed by atoms with van der Waals surface area (Å²) in [5.74, 6) is -0.349. The van der Waals surface area contributed by atoms with Crippen molar-refractivity contribution in [1.29, 1.82) is 0 Å². The molecule has 1 aliphatic heterocycles. The highest BCUT2D eigenvalue weighted by Crippen LogP contribution is 2.15. The van der Waals surface area contributed by atoms with Crippen molar-refractivity contribution >= 4 is 16.9 Å². The van der Waals surface area contributed by atoms with Gasteiger partial charge < -0.3 is 9.15 Å². The van der Waals surface area contributed by atoms with Crippen LogP contribution in [0, 0.1) is 0 Å². The van der Waals surface area contributed by atoms with Crippen molar-refractivity contribution in [1.82, 2.24) is 9.47 Å². The predicted molar refractivity (Wildman–Crippen MR) is 77.7 cm³/mol. The highest BCUT2D eigenvalue weighted by Gasteiger charge is 2.14. The number of carbonyl (C=O) groups is 1. The number of Topliss-reactive ketones (excluding diaryl/α,β-unsaturated/α-hetero) is 1. The van der Waals surface area contributed by atoms with Gasteiger partial charge in [-0.05, 0) is 18.2 Å². The summed E-state index contributed by atoms with van der Waals surface area (Å²) < 4.78 is 11.8.